The molecule has 0 radical (unpaired) electrons. The summed E-state index contributed by atoms with van der Waals surface area (Å²) in [5, 5.41) is 9.34. The number of esters is 2. The van der Waals surface area contributed by atoms with Gasteiger partial charge >= 0.3 is 11.9 Å². The fourth-order valence-electron chi connectivity index (χ4n) is 2.97. The van der Waals surface area contributed by atoms with E-state index in [1.165, 1.54) is 57.9 Å². The molecular formula is C19H32O5. The highest BCUT2D eigenvalue weighted by molar-refractivity contribution is 5.92. The molecule has 138 valence electrons. The average molecular weight is 340 g/mol. The maximum Gasteiger partial charge on any atom is 0.340 e. The molecule has 0 aromatic carbocycles. The SMILES string of the molecule is CCCCCCCCCCCCC(OC(C)=O)C1=CC(O)OC1=O. The number of ether oxygens (including phenoxy) is 2. The molecule has 1 aliphatic heterocycles. The Morgan fingerprint density at radius 3 is 2.12 bits per heavy atom. The molecule has 24 heavy (non-hydrogen) atoms. The van der Waals surface area contributed by atoms with E-state index in [0.29, 0.717) is 6.42 Å². The van der Waals surface area contributed by atoms with Gasteiger partial charge in [0.05, 0.1) is 5.57 Å². The first kappa shape index (κ1) is 20.7. The van der Waals surface area contributed by atoms with Crippen LogP contribution in [-0.4, -0.2) is 29.4 Å². The van der Waals surface area contributed by atoms with Gasteiger partial charge in [0, 0.05) is 6.92 Å². The smallest absolute Gasteiger partial charge is 0.340 e. The van der Waals surface area contributed by atoms with Crippen LogP contribution in [0.1, 0.15) is 84.5 Å². The number of cyclic esters (lactones) is 1. The van der Waals surface area contributed by atoms with Crippen LogP contribution in [0.2, 0.25) is 0 Å². The average Bonchev–Trinajstić information content (AvgIpc) is 2.86. The van der Waals surface area contributed by atoms with E-state index in [0.717, 1.165) is 19.3 Å². The van der Waals surface area contributed by atoms with Crippen molar-refractivity contribution in [1.82, 2.24) is 0 Å². The highest BCUT2D eigenvalue weighted by Crippen LogP contribution is 2.23. The molecule has 2 atom stereocenters. The molecule has 0 saturated heterocycles. The van der Waals surface area contributed by atoms with Crippen molar-refractivity contribution in [1.29, 1.82) is 0 Å². The lowest BCUT2D eigenvalue weighted by atomic mass is 10.0. The van der Waals surface area contributed by atoms with E-state index in [1.54, 1.807) is 0 Å². The quantitative estimate of drug-likeness (QED) is 0.405. The highest BCUT2D eigenvalue weighted by atomic mass is 16.6. The van der Waals surface area contributed by atoms with Crippen molar-refractivity contribution < 1.29 is 24.2 Å². The van der Waals surface area contributed by atoms with Gasteiger partial charge in [-0.3, -0.25) is 4.79 Å². The largest absolute Gasteiger partial charge is 0.457 e. The second kappa shape index (κ2) is 12.1. The molecule has 1 N–H and O–H groups in total. The molecule has 0 spiro atoms. The van der Waals surface area contributed by atoms with Crippen LogP contribution in [0.15, 0.2) is 11.6 Å². The van der Waals surface area contributed by atoms with E-state index in [9.17, 15) is 14.7 Å². The number of carbonyl (C=O) groups excluding carboxylic acids is 2. The van der Waals surface area contributed by atoms with Crippen molar-refractivity contribution in [2.75, 3.05) is 0 Å². The summed E-state index contributed by atoms with van der Waals surface area (Å²) in [6, 6.07) is 0. The van der Waals surface area contributed by atoms with E-state index >= 15 is 0 Å². The summed E-state index contributed by atoms with van der Waals surface area (Å²) in [5.74, 6) is -1.03. The van der Waals surface area contributed by atoms with Crippen LogP contribution in [0, 0.1) is 0 Å². The zero-order valence-corrected chi connectivity index (χ0v) is 15.1. The third-order valence-electron chi connectivity index (χ3n) is 4.26. The zero-order chi connectivity index (χ0) is 17.8. The molecule has 0 saturated carbocycles. The predicted octanol–water partition coefficient (Wildman–Crippen LogP) is 4.03. The molecule has 0 bridgehead atoms. The Balaban J connectivity index is 2.18. The minimum Gasteiger partial charge on any atom is -0.457 e. The van der Waals surface area contributed by atoms with Crippen LogP contribution in [0.5, 0.6) is 0 Å². The van der Waals surface area contributed by atoms with Gasteiger partial charge in [0.1, 0.15) is 6.10 Å². The normalized spacial score (nSPS) is 18.2. The lowest BCUT2D eigenvalue weighted by Gasteiger charge is -2.16. The van der Waals surface area contributed by atoms with Gasteiger partial charge in [-0.25, -0.2) is 4.79 Å². The highest BCUT2D eigenvalue weighted by Gasteiger charge is 2.31. The Kier molecular flexibility index (Phi) is 10.4. The number of aliphatic hydroxyl groups excluding tert-OH is 1. The van der Waals surface area contributed by atoms with Gasteiger partial charge in [0.15, 0.2) is 0 Å². The van der Waals surface area contributed by atoms with Crippen molar-refractivity contribution >= 4 is 11.9 Å². The Morgan fingerprint density at radius 1 is 1.12 bits per heavy atom. The maximum atomic E-state index is 11.6. The second-order valence-corrected chi connectivity index (χ2v) is 6.49. The van der Waals surface area contributed by atoms with Crippen LogP contribution in [0.3, 0.4) is 0 Å². The number of hydrogen-bond donors (Lipinski definition) is 1. The van der Waals surface area contributed by atoms with Gasteiger partial charge in [-0.15, -0.1) is 0 Å². The third-order valence-corrected chi connectivity index (χ3v) is 4.26. The summed E-state index contributed by atoms with van der Waals surface area (Å²) in [6.45, 7) is 3.55. The first-order chi connectivity index (χ1) is 11.5. The Bertz CT molecular complexity index is 416. The molecular weight excluding hydrogens is 308 g/mol. The van der Waals surface area contributed by atoms with Crippen molar-refractivity contribution in [2.24, 2.45) is 0 Å². The fourth-order valence-corrected chi connectivity index (χ4v) is 2.97. The van der Waals surface area contributed by atoms with E-state index in [1.807, 2.05) is 0 Å². The Hall–Kier alpha value is -1.36. The number of rotatable bonds is 13. The van der Waals surface area contributed by atoms with Gasteiger partial charge in [0.2, 0.25) is 6.29 Å². The zero-order valence-electron chi connectivity index (χ0n) is 15.1. The predicted molar refractivity (Wildman–Crippen MR) is 92.2 cm³/mol. The molecule has 1 heterocycles. The van der Waals surface area contributed by atoms with Crippen molar-refractivity contribution in [3.05, 3.63) is 11.6 Å². The molecule has 0 aromatic heterocycles. The number of hydrogen-bond acceptors (Lipinski definition) is 5. The summed E-state index contributed by atoms with van der Waals surface area (Å²) < 4.78 is 9.89. The molecule has 0 aromatic rings. The fraction of sp³-hybridized carbons (Fsp3) is 0.789. The monoisotopic (exact) mass is 340 g/mol. The summed E-state index contributed by atoms with van der Waals surface area (Å²) in [4.78, 5) is 22.9. The van der Waals surface area contributed by atoms with Crippen LogP contribution in [-0.2, 0) is 19.1 Å². The lowest BCUT2D eigenvalue weighted by Crippen LogP contribution is -2.22. The summed E-state index contributed by atoms with van der Waals surface area (Å²) in [6.07, 6.45) is 12.3. The minimum atomic E-state index is -1.22. The molecule has 0 fully saturated rings. The number of unbranched alkanes of at least 4 members (excludes halogenated alkanes) is 9. The molecule has 1 rings (SSSR count). The van der Waals surface area contributed by atoms with Crippen molar-refractivity contribution in [2.45, 2.75) is 96.9 Å². The Labute approximate surface area is 145 Å². The van der Waals surface area contributed by atoms with Crippen molar-refractivity contribution in [3.63, 3.8) is 0 Å². The minimum absolute atomic E-state index is 0.258. The van der Waals surface area contributed by atoms with Gasteiger partial charge < -0.3 is 14.6 Å². The molecule has 1 aliphatic rings. The summed E-state index contributed by atoms with van der Waals surface area (Å²) in [5.41, 5.74) is 0.258. The first-order valence-corrected chi connectivity index (χ1v) is 9.32. The number of aliphatic hydroxyl groups is 1. The first-order valence-electron chi connectivity index (χ1n) is 9.32. The Morgan fingerprint density at radius 2 is 1.67 bits per heavy atom. The number of carbonyl (C=O) groups is 2. The van der Waals surface area contributed by atoms with E-state index < -0.39 is 24.3 Å². The van der Waals surface area contributed by atoms with Gasteiger partial charge in [-0.1, -0.05) is 64.7 Å². The molecule has 5 nitrogen and oxygen atoms in total. The van der Waals surface area contributed by atoms with Gasteiger partial charge in [-0.05, 0) is 18.9 Å². The molecule has 0 amide bonds. The molecule has 0 aliphatic carbocycles. The van der Waals surface area contributed by atoms with E-state index in [2.05, 4.69) is 11.7 Å². The maximum absolute atomic E-state index is 11.6. The van der Waals surface area contributed by atoms with Crippen LogP contribution in [0.25, 0.3) is 0 Å². The standard InChI is InChI=1S/C19H32O5/c1-3-4-5-6-7-8-9-10-11-12-13-17(23-15(2)20)16-14-18(21)24-19(16)22/h14,17-18,21H,3-13H2,1-2H3. The van der Waals surface area contributed by atoms with Gasteiger partial charge in [-0.2, -0.15) is 0 Å². The third kappa shape index (κ3) is 8.48. The van der Waals surface area contributed by atoms with Crippen molar-refractivity contribution in [3.8, 4) is 0 Å². The van der Waals surface area contributed by atoms with E-state index in [-0.39, 0.29) is 5.57 Å². The van der Waals surface area contributed by atoms with Crippen LogP contribution >= 0.6 is 0 Å². The topological polar surface area (TPSA) is 72.8 Å². The summed E-state index contributed by atoms with van der Waals surface area (Å²) in [7, 11) is 0. The van der Waals surface area contributed by atoms with Crippen LogP contribution < -0.4 is 0 Å². The lowest BCUT2D eigenvalue weighted by molar-refractivity contribution is -0.153. The van der Waals surface area contributed by atoms with E-state index in [4.69, 9.17) is 4.74 Å². The molecule has 5 heteroatoms. The second-order valence-electron chi connectivity index (χ2n) is 6.49. The van der Waals surface area contributed by atoms with Gasteiger partial charge in [0.25, 0.3) is 0 Å². The van der Waals surface area contributed by atoms with Crippen LogP contribution in [0.4, 0.5) is 0 Å². The summed E-state index contributed by atoms with van der Waals surface area (Å²) >= 11 is 0. The molecule has 2 unspecified atom stereocenters.